The van der Waals surface area contributed by atoms with E-state index in [9.17, 15) is 15.0 Å². The molecule has 3 heterocycles. The maximum Gasteiger partial charge on any atom is 0.337 e. The molecule has 1 fully saturated rings. The minimum Gasteiger partial charge on any atom is -0.478 e. The van der Waals surface area contributed by atoms with Gasteiger partial charge in [-0.25, -0.2) is 4.79 Å². The predicted molar refractivity (Wildman–Crippen MR) is 107 cm³/mol. The van der Waals surface area contributed by atoms with E-state index in [1.165, 1.54) is 0 Å². The van der Waals surface area contributed by atoms with Crippen LogP contribution in [0.4, 0.5) is 0 Å². The van der Waals surface area contributed by atoms with Crippen molar-refractivity contribution in [2.45, 2.75) is 44.2 Å². The van der Waals surface area contributed by atoms with Crippen LogP contribution in [0, 0.1) is 0 Å². The number of aromatic carboxylic acids is 1. The van der Waals surface area contributed by atoms with E-state index in [1.807, 2.05) is 18.3 Å². The van der Waals surface area contributed by atoms with Crippen molar-refractivity contribution in [2.24, 2.45) is 5.73 Å². The van der Waals surface area contributed by atoms with Crippen LogP contribution >= 0.6 is 0 Å². The fraction of sp³-hybridized carbons (Fsp3) is 0.318. The van der Waals surface area contributed by atoms with Gasteiger partial charge < -0.3 is 20.9 Å². The molecule has 29 heavy (non-hydrogen) atoms. The number of hydrogen-bond acceptors (Lipinski definition) is 5. The Bertz CT molecular complexity index is 1110. The highest BCUT2D eigenvalue weighted by Crippen LogP contribution is 2.41. The first-order valence-electron chi connectivity index (χ1n) is 9.79. The number of pyridine rings is 2. The number of aryl methyl sites for hydroxylation is 1. The number of nitrogens with one attached hydrogen (secondary N) is 1. The Hall–Kier alpha value is -3.03. The molecule has 0 bridgehead atoms. The van der Waals surface area contributed by atoms with Crippen LogP contribution in [0.25, 0.3) is 22.5 Å². The highest BCUT2D eigenvalue weighted by Gasteiger charge is 2.40. The van der Waals surface area contributed by atoms with Gasteiger partial charge in [-0.1, -0.05) is 0 Å². The topological polar surface area (TPSA) is 125 Å². The minimum absolute atomic E-state index is 0.104. The van der Waals surface area contributed by atoms with Crippen LogP contribution < -0.4 is 5.73 Å². The van der Waals surface area contributed by atoms with E-state index >= 15 is 0 Å². The van der Waals surface area contributed by atoms with E-state index in [-0.39, 0.29) is 12.1 Å². The standard InChI is InChI=1S/C22H22N4O3/c23-22(5-6-22)8-18-19(21(28)29)15-4-2-12-9-25-17(7-16(12)20(15)26-18)13-1-3-14(11-27)24-10-13/h1,3,7,9-10,26-27H,2,4-6,8,11,23H2,(H,28,29). The van der Waals surface area contributed by atoms with Crippen LogP contribution in [-0.4, -0.2) is 36.7 Å². The third kappa shape index (κ3) is 3.12. The molecule has 2 aliphatic carbocycles. The van der Waals surface area contributed by atoms with Gasteiger partial charge in [0.25, 0.3) is 0 Å². The van der Waals surface area contributed by atoms with Crippen molar-refractivity contribution in [3.05, 3.63) is 58.7 Å². The summed E-state index contributed by atoms with van der Waals surface area (Å²) in [6.45, 7) is -0.104. The summed E-state index contributed by atoms with van der Waals surface area (Å²) in [6, 6.07) is 5.64. The quantitative estimate of drug-likeness (QED) is 0.530. The van der Waals surface area contributed by atoms with Gasteiger partial charge in [-0.15, -0.1) is 0 Å². The molecule has 5 N–H and O–H groups in total. The summed E-state index contributed by atoms with van der Waals surface area (Å²) in [5.41, 5.74) is 13.1. The average molecular weight is 390 g/mol. The number of fused-ring (bicyclic) bond motifs is 3. The summed E-state index contributed by atoms with van der Waals surface area (Å²) in [4.78, 5) is 24.2. The fourth-order valence-corrected chi connectivity index (χ4v) is 4.16. The van der Waals surface area contributed by atoms with Gasteiger partial charge >= 0.3 is 5.97 Å². The highest BCUT2D eigenvalue weighted by atomic mass is 16.4. The predicted octanol–water partition coefficient (Wildman–Crippen LogP) is 2.46. The number of rotatable bonds is 5. The first-order valence-corrected chi connectivity index (χ1v) is 9.79. The van der Waals surface area contributed by atoms with Crippen LogP contribution in [0.3, 0.4) is 0 Å². The van der Waals surface area contributed by atoms with E-state index in [0.29, 0.717) is 24.1 Å². The number of nitrogens with two attached hydrogens (primary N) is 1. The van der Waals surface area contributed by atoms with Gasteiger partial charge in [-0.05, 0) is 55.0 Å². The molecule has 0 aliphatic heterocycles. The first-order chi connectivity index (χ1) is 14.0. The molecule has 0 unspecified atom stereocenters. The van der Waals surface area contributed by atoms with E-state index < -0.39 is 5.97 Å². The Labute approximate surface area is 167 Å². The number of hydrogen-bond donors (Lipinski definition) is 4. The molecule has 148 valence electrons. The molecule has 0 radical (unpaired) electrons. The highest BCUT2D eigenvalue weighted by molar-refractivity contribution is 5.95. The monoisotopic (exact) mass is 390 g/mol. The SMILES string of the molecule is NC1(Cc2[nH]c3c(c2C(=O)O)CCc2cnc(-c4ccc(CO)nc4)cc2-3)CC1. The lowest BCUT2D eigenvalue weighted by Gasteiger charge is -2.17. The Morgan fingerprint density at radius 2 is 2.03 bits per heavy atom. The summed E-state index contributed by atoms with van der Waals surface area (Å²) < 4.78 is 0. The first kappa shape index (κ1) is 18.0. The zero-order valence-corrected chi connectivity index (χ0v) is 15.9. The third-order valence-electron chi connectivity index (χ3n) is 6.00. The summed E-state index contributed by atoms with van der Waals surface area (Å²) in [7, 11) is 0. The third-order valence-corrected chi connectivity index (χ3v) is 6.00. The van der Waals surface area contributed by atoms with Crippen LogP contribution in [0.1, 0.15) is 45.7 Å². The molecular weight excluding hydrogens is 368 g/mol. The van der Waals surface area contributed by atoms with Gasteiger partial charge in [-0.3, -0.25) is 9.97 Å². The minimum atomic E-state index is -0.900. The van der Waals surface area contributed by atoms with Crippen LogP contribution in [0.2, 0.25) is 0 Å². The van der Waals surface area contributed by atoms with Crippen molar-refractivity contribution in [3.63, 3.8) is 0 Å². The molecule has 0 saturated heterocycles. The van der Waals surface area contributed by atoms with E-state index in [4.69, 9.17) is 5.73 Å². The van der Waals surface area contributed by atoms with Crippen molar-refractivity contribution in [3.8, 4) is 22.5 Å². The molecule has 0 aromatic carbocycles. The normalized spacial score (nSPS) is 16.2. The second-order valence-electron chi connectivity index (χ2n) is 8.10. The van der Waals surface area contributed by atoms with Gasteiger partial charge in [0, 0.05) is 41.2 Å². The molecule has 7 nitrogen and oxygen atoms in total. The summed E-state index contributed by atoms with van der Waals surface area (Å²) in [5.74, 6) is -0.900. The van der Waals surface area contributed by atoms with Gasteiger partial charge in [0.05, 0.1) is 29.3 Å². The second kappa shape index (κ2) is 6.50. The number of aromatic amines is 1. The molecule has 3 aromatic rings. The number of aromatic nitrogens is 3. The van der Waals surface area contributed by atoms with E-state index in [0.717, 1.165) is 58.6 Å². The molecule has 7 heteroatoms. The largest absolute Gasteiger partial charge is 0.478 e. The summed E-state index contributed by atoms with van der Waals surface area (Å²) in [5, 5.41) is 19.0. The Kier molecular flexibility index (Phi) is 4.04. The number of carboxylic acid groups (broad SMARTS) is 1. The molecule has 0 atom stereocenters. The number of carbonyl (C=O) groups is 1. The molecule has 5 rings (SSSR count). The van der Waals surface area contributed by atoms with Crippen molar-refractivity contribution in [1.82, 2.24) is 15.0 Å². The van der Waals surface area contributed by atoms with E-state index in [1.54, 1.807) is 12.3 Å². The van der Waals surface area contributed by atoms with Crippen LogP contribution in [0.5, 0.6) is 0 Å². The fourth-order valence-electron chi connectivity index (χ4n) is 4.16. The Morgan fingerprint density at radius 3 is 2.69 bits per heavy atom. The number of nitrogens with zero attached hydrogens (tertiary/aromatic N) is 2. The number of H-pyrrole nitrogens is 1. The van der Waals surface area contributed by atoms with Gasteiger partial charge in [0.2, 0.25) is 0 Å². The summed E-state index contributed by atoms with van der Waals surface area (Å²) in [6.07, 6.45) is 7.39. The lowest BCUT2D eigenvalue weighted by atomic mass is 9.88. The second-order valence-corrected chi connectivity index (χ2v) is 8.10. The lowest BCUT2D eigenvalue weighted by molar-refractivity contribution is 0.0694. The number of aliphatic hydroxyl groups excluding tert-OH is 1. The molecule has 0 spiro atoms. The van der Waals surface area contributed by atoms with Crippen molar-refractivity contribution < 1.29 is 15.0 Å². The average Bonchev–Trinajstić information content (AvgIpc) is 3.33. The van der Waals surface area contributed by atoms with Crippen molar-refractivity contribution in [2.75, 3.05) is 0 Å². The smallest absolute Gasteiger partial charge is 0.337 e. The maximum atomic E-state index is 12.0. The van der Waals surface area contributed by atoms with Crippen LogP contribution in [-0.2, 0) is 25.9 Å². The van der Waals surface area contributed by atoms with Gasteiger partial charge in [0.15, 0.2) is 0 Å². The lowest BCUT2D eigenvalue weighted by Crippen LogP contribution is -2.25. The Morgan fingerprint density at radius 1 is 1.21 bits per heavy atom. The molecule has 3 aromatic heterocycles. The van der Waals surface area contributed by atoms with Crippen molar-refractivity contribution in [1.29, 1.82) is 0 Å². The zero-order chi connectivity index (χ0) is 20.2. The zero-order valence-electron chi connectivity index (χ0n) is 15.9. The van der Waals surface area contributed by atoms with Crippen LogP contribution in [0.15, 0.2) is 30.6 Å². The van der Waals surface area contributed by atoms with Gasteiger partial charge in [-0.2, -0.15) is 0 Å². The van der Waals surface area contributed by atoms with Crippen molar-refractivity contribution >= 4 is 5.97 Å². The maximum absolute atomic E-state index is 12.0. The Balaban J connectivity index is 1.60. The molecule has 2 aliphatic rings. The van der Waals surface area contributed by atoms with E-state index in [2.05, 4.69) is 15.0 Å². The molecular formula is C22H22N4O3. The molecule has 1 saturated carbocycles. The summed E-state index contributed by atoms with van der Waals surface area (Å²) >= 11 is 0. The van der Waals surface area contributed by atoms with Gasteiger partial charge in [0.1, 0.15) is 0 Å². The number of aliphatic hydroxyl groups is 1. The molecule has 0 amide bonds. The number of carboxylic acids is 1.